The Morgan fingerprint density at radius 3 is 1.34 bits per heavy atom. The van der Waals surface area contributed by atoms with Gasteiger partial charge in [-0.2, -0.15) is 0 Å². The summed E-state index contributed by atoms with van der Waals surface area (Å²) in [5.41, 5.74) is 3.47. The number of fused-ring (bicyclic) bond motifs is 9. The van der Waals surface area contributed by atoms with E-state index in [1.165, 1.54) is 24.3 Å². The maximum atomic E-state index is 17.4. The third kappa shape index (κ3) is 5.72. The van der Waals surface area contributed by atoms with Crippen LogP contribution in [0, 0.1) is 29.1 Å². The zero-order valence-electron chi connectivity index (χ0n) is 38.2. The lowest BCUT2D eigenvalue weighted by Crippen LogP contribution is -2.72. The molecule has 0 saturated carbocycles. The van der Waals surface area contributed by atoms with Gasteiger partial charge in [-0.05, 0) is 91.6 Å². The van der Waals surface area contributed by atoms with Crippen LogP contribution in [-0.4, -0.2) is 14.2 Å². The van der Waals surface area contributed by atoms with Gasteiger partial charge in [0.05, 0.1) is 34.0 Å². The summed E-state index contributed by atoms with van der Waals surface area (Å²) in [7, 11) is -5.93. The Bertz CT molecular complexity index is 3600. The minimum Gasteiger partial charge on any atom is -0.310 e. The molecule has 0 aromatic heterocycles. The maximum Gasteiger partial charge on any atom is 0.200 e. The fourth-order valence-electron chi connectivity index (χ4n) is 12.3. The minimum absolute atomic E-state index is 0.0367. The van der Waals surface area contributed by atoms with E-state index in [2.05, 4.69) is 27.7 Å². The van der Waals surface area contributed by atoms with Gasteiger partial charge in [0.15, 0.2) is 55.0 Å². The smallest absolute Gasteiger partial charge is 0.200 e. The zero-order valence-corrected chi connectivity index (χ0v) is 39.2. The number of hydrogen-bond donors (Lipinski definition) is 0. The first kappa shape index (κ1) is 44.8. The van der Waals surface area contributed by atoms with E-state index in [-0.39, 0.29) is 26.9 Å². The van der Waals surface area contributed by atoms with Crippen LogP contribution in [0.15, 0.2) is 169 Å². The molecule has 0 amide bonds. The molecule has 3 heterocycles. The molecule has 4 aliphatic rings. The molecule has 1 aliphatic carbocycles. The van der Waals surface area contributed by atoms with Crippen molar-refractivity contribution in [1.29, 1.82) is 0 Å². The van der Waals surface area contributed by atoms with E-state index in [9.17, 15) is 0 Å². The van der Waals surface area contributed by atoms with Crippen LogP contribution in [0.25, 0.3) is 21.9 Å². The molecular formula is C58H38F10N2Si. The molecule has 0 saturated heterocycles. The molecule has 71 heavy (non-hydrogen) atoms. The first-order valence-corrected chi connectivity index (χ1v) is 25.0. The van der Waals surface area contributed by atoms with Crippen molar-refractivity contribution in [3.8, 4) is 11.1 Å². The number of anilines is 6. The van der Waals surface area contributed by atoms with Crippen molar-refractivity contribution < 1.29 is 43.9 Å². The Morgan fingerprint density at radius 2 is 0.831 bits per heavy atom. The third-order valence-electron chi connectivity index (χ3n) is 15.4. The highest BCUT2D eigenvalue weighted by atomic mass is 28.3. The van der Waals surface area contributed by atoms with Crippen molar-refractivity contribution in [1.82, 2.24) is 0 Å². The topological polar surface area (TPSA) is 6.48 Å². The van der Waals surface area contributed by atoms with Crippen molar-refractivity contribution in [3.05, 3.63) is 220 Å². The predicted octanol–water partition coefficient (Wildman–Crippen LogP) is 15.2. The Morgan fingerprint density at radius 1 is 0.408 bits per heavy atom. The summed E-state index contributed by atoms with van der Waals surface area (Å²) < 4.78 is 164. The number of alkyl halides is 1. The Kier molecular flexibility index (Phi) is 9.66. The number of rotatable bonds is 4. The monoisotopic (exact) mass is 980 g/mol. The molecule has 3 unspecified atom stereocenters. The lowest BCUT2D eigenvalue weighted by Gasteiger charge is -2.43. The van der Waals surface area contributed by atoms with Gasteiger partial charge < -0.3 is 9.80 Å². The van der Waals surface area contributed by atoms with E-state index in [0.29, 0.717) is 16.8 Å². The molecule has 2 nitrogen and oxygen atoms in total. The van der Waals surface area contributed by atoms with Crippen molar-refractivity contribution in [2.45, 2.75) is 50.2 Å². The highest BCUT2D eigenvalue weighted by Gasteiger charge is 2.64. The average Bonchev–Trinajstić information content (AvgIpc) is 3.66. The molecule has 3 atom stereocenters. The molecule has 12 rings (SSSR count). The van der Waals surface area contributed by atoms with E-state index in [4.69, 9.17) is 0 Å². The van der Waals surface area contributed by atoms with Gasteiger partial charge in [0.2, 0.25) is 5.82 Å². The van der Waals surface area contributed by atoms with E-state index >= 15 is 43.9 Å². The molecule has 0 radical (unpaired) electrons. The Hall–Kier alpha value is -7.38. The molecule has 3 aliphatic heterocycles. The number of allylic oxidation sites excluding steroid dienone is 4. The van der Waals surface area contributed by atoms with E-state index in [0.717, 1.165) is 45.0 Å². The minimum atomic E-state index is -5.93. The van der Waals surface area contributed by atoms with Crippen LogP contribution in [0.3, 0.4) is 0 Å². The van der Waals surface area contributed by atoms with Gasteiger partial charge in [-0.25, -0.2) is 43.9 Å². The summed E-state index contributed by atoms with van der Waals surface area (Å²) >= 11 is 0. The third-order valence-corrected chi connectivity index (χ3v) is 20.7. The SMILES string of the molecule is CC1(C)c2ccccc2N(c2ccc3c(c2)-c2cc(N4c5ccccc5C(C)(C)c5ccccc54)c4ccccc4c2[Si]3(c2c(F)c(F)c(F)c(F)c2F)C2C(F)=C(F)C(F)=C(F)C2F)c2ccccc21. The van der Waals surface area contributed by atoms with Crippen molar-refractivity contribution in [3.63, 3.8) is 0 Å². The number of para-hydroxylation sites is 4. The largest absolute Gasteiger partial charge is 0.310 e. The van der Waals surface area contributed by atoms with Gasteiger partial charge in [0, 0.05) is 27.1 Å². The maximum absolute atomic E-state index is 17.4. The summed E-state index contributed by atoms with van der Waals surface area (Å²) in [4.78, 5) is 3.92. The molecule has 0 spiro atoms. The summed E-state index contributed by atoms with van der Waals surface area (Å²) in [6.45, 7) is 8.31. The van der Waals surface area contributed by atoms with Crippen molar-refractivity contribution in [2.24, 2.45) is 0 Å². The second-order valence-electron chi connectivity index (χ2n) is 19.5. The molecule has 0 N–H and O–H groups in total. The quantitative estimate of drug-likeness (QED) is 0.0750. The van der Waals surface area contributed by atoms with E-state index in [1.807, 2.05) is 107 Å². The Labute approximate surface area is 402 Å². The van der Waals surface area contributed by atoms with Gasteiger partial charge in [-0.15, -0.1) is 0 Å². The van der Waals surface area contributed by atoms with Crippen molar-refractivity contribution >= 4 is 68.5 Å². The summed E-state index contributed by atoms with van der Waals surface area (Å²) in [5.74, 6) is -22.0. The zero-order chi connectivity index (χ0) is 49.8. The number of halogens is 10. The predicted molar refractivity (Wildman–Crippen MR) is 261 cm³/mol. The lowest BCUT2D eigenvalue weighted by molar-refractivity contribution is 0.271. The molecule has 13 heteroatoms. The fraction of sp³-hybridized carbons (Fsp3) is 0.138. The van der Waals surface area contributed by atoms with Crippen LogP contribution in [0.5, 0.6) is 0 Å². The first-order chi connectivity index (χ1) is 33.9. The van der Waals surface area contributed by atoms with Crippen LogP contribution in [0.2, 0.25) is 5.54 Å². The van der Waals surface area contributed by atoms with Crippen LogP contribution in [0.4, 0.5) is 78.0 Å². The highest BCUT2D eigenvalue weighted by Crippen LogP contribution is 2.58. The van der Waals surface area contributed by atoms with Crippen LogP contribution in [0.1, 0.15) is 49.9 Å². The summed E-state index contributed by atoms with van der Waals surface area (Å²) in [6, 6.07) is 43.0. The molecule has 8 aromatic rings. The van der Waals surface area contributed by atoms with E-state index < -0.39 is 88.2 Å². The van der Waals surface area contributed by atoms with Crippen LogP contribution in [-0.2, 0) is 10.8 Å². The number of nitrogens with zero attached hydrogens (tertiary/aromatic N) is 2. The molecule has 0 bridgehead atoms. The van der Waals surface area contributed by atoms with Crippen LogP contribution >= 0.6 is 0 Å². The van der Waals surface area contributed by atoms with Gasteiger partial charge in [0.25, 0.3) is 0 Å². The highest BCUT2D eigenvalue weighted by molar-refractivity contribution is 7.16. The lowest BCUT2D eigenvalue weighted by atomic mass is 9.73. The Balaban J connectivity index is 1.28. The molecule has 354 valence electrons. The summed E-state index contributed by atoms with van der Waals surface area (Å²) in [5, 5.41) is -1.93. The average molecular weight is 981 g/mol. The van der Waals surface area contributed by atoms with Gasteiger partial charge in [-0.3, -0.25) is 0 Å². The van der Waals surface area contributed by atoms with Crippen LogP contribution < -0.4 is 25.4 Å². The van der Waals surface area contributed by atoms with Crippen molar-refractivity contribution in [2.75, 3.05) is 9.80 Å². The first-order valence-electron chi connectivity index (χ1n) is 22.9. The fourth-order valence-corrected chi connectivity index (χ4v) is 18.3. The standard InChI is InChI=1S/C58H38F10N2Si/c1-57(2)34-17-7-11-21-38(34)69(39-22-12-8-18-35(39)57)29-25-26-43-32(27-29)33-28-42(70-40-23-13-9-19-36(40)58(3,4)37-20-10-14-24-41(37)70)30-15-5-6-16-31(30)54(33)71(43,55-50(65)46(61)44(59)47(62)51(55)66)56-52(67)48(63)45(60)49(64)53(56)68/h5-28,50,55H,1-4H3. The molecular weight excluding hydrogens is 943 g/mol. The van der Waals surface area contributed by atoms with Gasteiger partial charge >= 0.3 is 0 Å². The normalized spacial score (nSPS) is 20.4. The van der Waals surface area contributed by atoms with Gasteiger partial charge in [0.1, 0.15) is 5.83 Å². The number of hydrogen-bond acceptors (Lipinski definition) is 2. The number of benzene rings is 8. The van der Waals surface area contributed by atoms with Gasteiger partial charge in [-0.1, -0.05) is 131 Å². The molecule has 8 aromatic carbocycles. The molecule has 0 fully saturated rings. The summed E-state index contributed by atoms with van der Waals surface area (Å²) in [6.07, 6.45) is -3.50. The second kappa shape index (κ2) is 15.3. The second-order valence-corrected chi connectivity index (χ2v) is 23.3. The van der Waals surface area contributed by atoms with E-state index in [1.54, 1.807) is 24.3 Å².